The van der Waals surface area contributed by atoms with E-state index in [1.807, 2.05) is 20.8 Å². The maximum Gasteiger partial charge on any atom is 0.346 e. The number of ketones is 2. The summed E-state index contributed by atoms with van der Waals surface area (Å²) in [5, 5.41) is 0. The van der Waals surface area contributed by atoms with Gasteiger partial charge in [0, 0.05) is 16.5 Å². The number of ether oxygens (including phenoxy) is 2. The third-order valence-corrected chi connectivity index (χ3v) is 5.77. The van der Waals surface area contributed by atoms with E-state index in [1.165, 1.54) is 0 Å². The predicted octanol–water partition coefficient (Wildman–Crippen LogP) is 5.21. The van der Waals surface area contributed by atoms with Crippen LogP contribution >= 0.6 is 0 Å². The van der Waals surface area contributed by atoms with Crippen LogP contribution in [0.4, 0.5) is 0 Å². The molecule has 4 rings (SSSR count). The van der Waals surface area contributed by atoms with Gasteiger partial charge >= 0.3 is 5.97 Å². The van der Waals surface area contributed by atoms with Crippen LogP contribution in [0.5, 0.6) is 0 Å². The third-order valence-electron chi connectivity index (χ3n) is 5.77. The highest BCUT2D eigenvalue weighted by Crippen LogP contribution is 2.47. The van der Waals surface area contributed by atoms with Crippen molar-refractivity contribution < 1.29 is 23.9 Å². The molecular weight excluding hydrogens is 416 g/mol. The summed E-state index contributed by atoms with van der Waals surface area (Å²) in [7, 11) is 0. The Kier molecular flexibility index (Phi) is 6.00. The molecule has 0 saturated carbocycles. The Morgan fingerprint density at radius 3 is 1.58 bits per heavy atom. The van der Waals surface area contributed by atoms with E-state index in [0.29, 0.717) is 16.7 Å². The van der Waals surface area contributed by atoms with Gasteiger partial charge in [-0.05, 0) is 5.56 Å². The summed E-state index contributed by atoms with van der Waals surface area (Å²) in [4.78, 5) is 41.5. The van der Waals surface area contributed by atoms with Crippen molar-refractivity contribution in [3.8, 4) is 0 Å². The number of carbonyl (C=O) groups excluding carboxylic acids is 3. The number of rotatable bonds is 6. The smallest absolute Gasteiger partial charge is 0.346 e. The topological polar surface area (TPSA) is 69.7 Å². The first-order valence-corrected chi connectivity index (χ1v) is 10.9. The first-order valence-electron chi connectivity index (χ1n) is 10.9. The molecule has 5 heteroatoms. The number of hydrogen-bond acceptors (Lipinski definition) is 5. The van der Waals surface area contributed by atoms with Crippen LogP contribution in [-0.4, -0.2) is 23.8 Å². The molecular formula is C28H26O5. The standard InChI is InChI=1S/C28H26O5/c1-27(2,3)26-32-25(31)28(33-26,21-17-11-6-12-18-21)22(23(29)19-13-7-4-8-14-19)24(30)20-15-9-5-10-16-20/h4-18,22,26H,1-3H3/t26-,28-/m1/s1. The van der Waals surface area contributed by atoms with E-state index < -0.39 is 40.8 Å². The third kappa shape index (κ3) is 4.12. The second-order valence-corrected chi connectivity index (χ2v) is 9.22. The lowest BCUT2D eigenvalue weighted by atomic mass is 9.73. The summed E-state index contributed by atoms with van der Waals surface area (Å²) < 4.78 is 12.0. The van der Waals surface area contributed by atoms with Crippen molar-refractivity contribution in [2.24, 2.45) is 11.3 Å². The first kappa shape index (κ1) is 22.6. The van der Waals surface area contributed by atoms with Crippen molar-refractivity contribution in [3.05, 3.63) is 108 Å². The second kappa shape index (κ2) is 8.75. The Morgan fingerprint density at radius 2 is 1.18 bits per heavy atom. The molecule has 1 aliphatic heterocycles. The molecule has 1 saturated heterocycles. The Morgan fingerprint density at radius 1 is 0.758 bits per heavy atom. The molecule has 1 fully saturated rings. The molecule has 3 aromatic carbocycles. The van der Waals surface area contributed by atoms with Crippen LogP contribution in [0.1, 0.15) is 47.1 Å². The normalized spacial score (nSPS) is 20.5. The minimum Gasteiger partial charge on any atom is -0.433 e. The fourth-order valence-corrected chi connectivity index (χ4v) is 4.03. The molecule has 0 amide bonds. The molecule has 0 radical (unpaired) electrons. The van der Waals surface area contributed by atoms with E-state index >= 15 is 0 Å². The highest BCUT2D eigenvalue weighted by atomic mass is 16.8. The van der Waals surface area contributed by atoms with Crippen molar-refractivity contribution in [1.82, 2.24) is 0 Å². The van der Waals surface area contributed by atoms with Gasteiger partial charge < -0.3 is 9.47 Å². The Bertz CT molecular complexity index is 1100. The molecule has 1 aliphatic rings. The fourth-order valence-electron chi connectivity index (χ4n) is 4.03. The van der Waals surface area contributed by atoms with Crippen LogP contribution in [0.2, 0.25) is 0 Å². The van der Waals surface area contributed by atoms with Crippen LogP contribution < -0.4 is 0 Å². The Balaban J connectivity index is 1.96. The molecule has 0 aromatic heterocycles. The Labute approximate surface area is 193 Å². The maximum absolute atomic E-state index is 13.9. The van der Waals surface area contributed by atoms with Gasteiger partial charge in [0.25, 0.3) is 0 Å². The van der Waals surface area contributed by atoms with Crippen LogP contribution in [0.3, 0.4) is 0 Å². The van der Waals surface area contributed by atoms with E-state index in [2.05, 4.69) is 0 Å². The molecule has 168 valence electrons. The molecule has 2 atom stereocenters. The van der Waals surface area contributed by atoms with Crippen molar-refractivity contribution in [1.29, 1.82) is 0 Å². The van der Waals surface area contributed by atoms with Gasteiger partial charge in [-0.2, -0.15) is 0 Å². The summed E-state index contributed by atoms with van der Waals surface area (Å²) in [6.07, 6.45) is -0.931. The van der Waals surface area contributed by atoms with Crippen molar-refractivity contribution in [2.75, 3.05) is 0 Å². The lowest BCUT2D eigenvalue weighted by Gasteiger charge is -2.33. The van der Waals surface area contributed by atoms with Gasteiger partial charge in [0.1, 0.15) is 5.92 Å². The van der Waals surface area contributed by atoms with E-state index in [0.717, 1.165) is 0 Å². The summed E-state index contributed by atoms with van der Waals surface area (Å²) in [5.41, 5.74) is -1.45. The zero-order valence-electron chi connectivity index (χ0n) is 18.9. The molecule has 3 aromatic rings. The fraction of sp³-hybridized carbons (Fsp3) is 0.250. The van der Waals surface area contributed by atoms with Gasteiger partial charge in [0.05, 0.1) is 0 Å². The lowest BCUT2D eigenvalue weighted by Crippen LogP contribution is -2.49. The highest BCUT2D eigenvalue weighted by Gasteiger charge is 2.63. The van der Waals surface area contributed by atoms with Gasteiger partial charge in [-0.3, -0.25) is 9.59 Å². The highest BCUT2D eigenvalue weighted by molar-refractivity contribution is 6.19. The number of benzene rings is 3. The molecule has 5 nitrogen and oxygen atoms in total. The summed E-state index contributed by atoms with van der Waals surface area (Å²) in [6, 6.07) is 25.7. The van der Waals surface area contributed by atoms with E-state index in [9.17, 15) is 14.4 Å². The zero-order valence-corrected chi connectivity index (χ0v) is 18.9. The molecule has 0 unspecified atom stereocenters. The van der Waals surface area contributed by atoms with E-state index in [1.54, 1.807) is 91.0 Å². The van der Waals surface area contributed by atoms with Crippen LogP contribution in [0, 0.1) is 11.3 Å². The average molecular weight is 443 g/mol. The van der Waals surface area contributed by atoms with Gasteiger partial charge in [-0.1, -0.05) is 112 Å². The van der Waals surface area contributed by atoms with E-state index in [-0.39, 0.29) is 0 Å². The monoisotopic (exact) mass is 442 g/mol. The SMILES string of the molecule is CC(C)(C)[C@@H]1OC(=O)[C@@](c2ccccc2)(C(C(=O)c2ccccc2)C(=O)c2ccccc2)O1. The van der Waals surface area contributed by atoms with Crippen molar-refractivity contribution in [3.63, 3.8) is 0 Å². The maximum atomic E-state index is 13.9. The van der Waals surface area contributed by atoms with Gasteiger partial charge in [-0.15, -0.1) is 0 Å². The predicted molar refractivity (Wildman–Crippen MR) is 124 cm³/mol. The van der Waals surface area contributed by atoms with Crippen molar-refractivity contribution >= 4 is 17.5 Å². The van der Waals surface area contributed by atoms with Crippen LogP contribution in [-0.2, 0) is 19.9 Å². The minimum absolute atomic E-state index is 0.317. The number of carbonyl (C=O) groups is 3. The van der Waals surface area contributed by atoms with Crippen LogP contribution in [0.25, 0.3) is 0 Å². The average Bonchev–Trinajstić information content (AvgIpc) is 3.19. The largest absolute Gasteiger partial charge is 0.433 e. The molecule has 0 N–H and O–H groups in total. The molecule has 0 aliphatic carbocycles. The number of hydrogen-bond donors (Lipinski definition) is 0. The molecule has 0 spiro atoms. The summed E-state index contributed by atoms with van der Waals surface area (Å²) in [6.45, 7) is 5.62. The molecule has 0 bridgehead atoms. The first-order chi connectivity index (χ1) is 15.7. The quantitative estimate of drug-likeness (QED) is 0.298. The lowest BCUT2D eigenvalue weighted by molar-refractivity contribution is -0.157. The van der Waals surface area contributed by atoms with Gasteiger partial charge in [-0.25, -0.2) is 4.79 Å². The van der Waals surface area contributed by atoms with Crippen molar-refractivity contribution in [2.45, 2.75) is 32.7 Å². The molecule has 33 heavy (non-hydrogen) atoms. The minimum atomic E-state index is -1.92. The van der Waals surface area contributed by atoms with Gasteiger partial charge in [0.15, 0.2) is 11.6 Å². The second-order valence-electron chi connectivity index (χ2n) is 9.22. The summed E-state index contributed by atoms with van der Waals surface area (Å²) in [5.74, 6) is -3.21. The van der Waals surface area contributed by atoms with Crippen LogP contribution in [0.15, 0.2) is 91.0 Å². The number of Topliss-reactive ketones (excluding diaryl/α,β-unsaturated/α-hetero) is 2. The Hall–Kier alpha value is -3.57. The number of cyclic esters (lactones) is 1. The number of esters is 1. The van der Waals surface area contributed by atoms with Gasteiger partial charge in [0.2, 0.25) is 11.9 Å². The summed E-state index contributed by atoms with van der Waals surface area (Å²) >= 11 is 0. The molecule has 1 heterocycles. The van der Waals surface area contributed by atoms with E-state index in [4.69, 9.17) is 9.47 Å². The zero-order chi connectivity index (χ0) is 23.6.